The summed E-state index contributed by atoms with van der Waals surface area (Å²) in [5.41, 5.74) is 0.988. The number of benzene rings is 4. The van der Waals surface area contributed by atoms with Crippen LogP contribution in [0.5, 0.6) is 34.5 Å². The molecule has 5 aromatic rings. The normalized spacial score (nSPS) is 14.6. The van der Waals surface area contributed by atoms with Crippen molar-refractivity contribution in [3.63, 3.8) is 0 Å². The van der Waals surface area contributed by atoms with Crippen LogP contribution in [-0.2, 0) is 0 Å². The van der Waals surface area contributed by atoms with E-state index >= 15 is 0 Å². The molecule has 200 valence electrons. The van der Waals surface area contributed by atoms with Gasteiger partial charge in [0.25, 0.3) is 0 Å². The lowest BCUT2D eigenvalue weighted by Gasteiger charge is -2.27. The molecule has 0 radical (unpaired) electrons. The summed E-state index contributed by atoms with van der Waals surface area (Å²) in [5.74, 6) is -1.37. The zero-order valence-corrected chi connectivity index (χ0v) is 21.0. The van der Waals surface area contributed by atoms with Crippen LogP contribution in [0.3, 0.4) is 0 Å². The summed E-state index contributed by atoms with van der Waals surface area (Å²) in [5, 5.41) is 51.9. The first-order valence-corrected chi connectivity index (χ1v) is 12.3. The summed E-state index contributed by atoms with van der Waals surface area (Å²) in [6.07, 6.45) is -0.860. The second-order valence-corrected chi connectivity index (χ2v) is 9.68. The van der Waals surface area contributed by atoms with Gasteiger partial charge >= 0.3 is 0 Å². The number of carbonyl (C=O) groups is 1. The van der Waals surface area contributed by atoms with Gasteiger partial charge in [-0.3, -0.25) is 9.59 Å². The van der Waals surface area contributed by atoms with Gasteiger partial charge in [0.05, 0.1) is 12.0 Å². The third-order valence-corrected chi connectivity index (χ3v) is 6.92. The van der Waals surface area contributed by atoms with E-state index in [1.54, 1.807) is 19.1 Å². The molecular weight excluding hydrogens is 516 g/mol. The van der Waals surface area contributed by atoms with Crippen LogP contribution in [0.1, 0.15) is 34.0 Å². The quantitative estimate of drug-likeness (QED) is 0.195. The van der Waals surface area contributed by atoms with E-state index < -0.39 is 23.0 Å². The maximum Gasteiger partial charge on any atom is 0.197 e. The van der Waals surface area contributed by atoms with Crippen molar-refractivity contribution >= 4 is 16.8 Å². The van der Waals surface area contributed by atoms with Crippen LogP contribution in [0, 0.1) is 6.92 Å². The molecule has 1 aliphatic rings. The molecule has 9 nitrogen and oxygen atoms in total. The van der Waals surface area contributed by atoms with Gasteiger partial charge < -0.3 is 34.7 Å². The Labute approximate surface area is 226 Å². The minimum atomic E-state index is -0.773. The van der Waals surface area contributed by atoms with E-state index in [1.807, 2.05) is 0 Å². The van der Waals surface area contributed by atoms with E-state index in [0.29, 0.717) is 16.7 Å². The number of ketones is 1. The number of phenols is 5. The molecule has 2 heterocycles. The summed E-state index contributed by atoms with van der Waals surface area (Å²) in [6.45, 7) is 1.76. The molecule has 1 aliphatic heterocycles. The van der Waals surface area contributed by atoms with E-state index in [4.69, 9.17) is 9.15 Å². The summed E-state index contributed by atoms with van der Waals surface area (Å²) in [4.78, 5) is 26.0. The van der Waals surface area contributed by atoms with Crippen LogP contribution < -0.4 is 10.2 Å². The van der Waals surface area contributed by atoms with Crippen molar-refractivity contribution in [1.82, 2.24) is 0 Å². The summed E-state index contributed by atoms with van der Waals surface area (Å²) < 4.78 is 12.1. The molecule has 9 heteroatoms. The van der Waals surface area contributed by atoms with Crippen molar-refractivity contribution in [3.05, 3.63) is 93.6 Å². The molecule has 0 saturated carbocycles. The van der Waals surface area contributed by atoms with Gasteiger partial charge in [-0.05, 0) is 66.6 Å². The zero-order chi connectivity index (χ0) is 28.3. The van der Waals surface area contributed by atoms with Gasteiger partial charge in [-0.1, -0.05) is 6.07 Å². The summed E-state index contributed by atoms with van der Waals surface area (Å²) >= 11 is 0. The number of rotatable bonds is 3. The van der Waals surface area contributed by atoms with Gasteiger partial charge in [0.2, 0.25) is 0 Å². The van der Waals surface area contributed by atoms with E-state index in [9.17, 15) is 35.1 Å². The van der Waals surface area contributed by atoms with Crippen molar-refractivity contribution in [3.8, 4) is 56.9 Å². The molecule has 1 unspecified atom stereocenters. The highest BCUT2D eigenvalue weighted by Gasteiger charge is 2.31. The molecule has 4 aromatic carbocycles. The maximum atomic E-state index is 13.1. The Hall–Kier alpha value is -5.44. The van der Waals surface area contributed by atoms with E-state index in [-0.39, 0.29) is 68.6 Å². The molecule has 0 spiro atoms. The molecule has 0 aliphatic carbocycles. The average Bonchev–Trinajstić information content (AvgIpc) is 2.89. The Balaban J connectivity index is 1.53. The van der Waals surface area contributed by atoms with Crippen molar-refractivity contribution in [2.45, 2.75) is 19.4 Å². The van der Waals surface area contributed by atoms with Crippen LogP contribution in [0.25, 0.3) is 33.4 Å². The molecule has 0 fully saturated rings. The third kappa shape index (κ3) is 4.04. The van der Waals surface area contributed by atoms with Crippen molar-refractivity contribution in [2.24, 2.45) is 0 Å². The highest BCUT2D eigenvalue weighted by molar-refractivity contribution is 6.03. The lowest BCUT2D eigenvalue weighted by atomic mass is 9.92. The van der Waals surface area contributed by atoms with Crippen LogP contribution in [0.15, 0.2) is 75.9 Å². The maximum absolute atomic E-state index is 13.1. The van der Waals surface area contributed by atoms with E-state index in [1.165, 1.54) is 48.5 Å². The molecule has 40 heavy (non-hydrogen) atoms. The first-order chi connectivity index (χ1) is 19.1. The number of carbonyl (C=O) groups excluding carboxylic acids is 1. The van der Waals surface area contributed by atoms with Gasteiger partial charge in [-0.25, -0.2) is 0 Å². The van der Waals surface area contributed by atoms with Crippen molar-refractivity contribution in [1.29, 1.82) is 0 Å². The number of fused-ring (bicyclic) bond motifs is 2. The first-order valence-electron chi connectivity index (χ1n) is 12.3. The van der Waals surface area contributed by atoms with Crippen LogP contribution >= 0.6 is 0 Å². The number of phenolic OH excluding ortho intramolecular Hbond substituents is 5. The average molecular weight is 539 g/mol. The fourth-order valence-corrected chi connectivity index (χ4v) is 5.04. The fraction of sp³-hybridized carbons (Fsp3) is 0.0968. The fourth-order valence-electron chi connectivity index (χ4n) is 5.04. The van der Waals surface area contributed by atoms with Crippen LogP contribution in [0.4, 0.5) is 0 Å². The third-order valence-electron chi connectivity index (χ3n) is 6.92. The van der Waals surface area contributed by atoms with Gasteiger partial charge in [-0.2, -0.15) is 0 Å². The monoisotopic (exact) mass is 538 g/mol. The number of Topliss-reactive ketones (excluding diaryl/α,β-unsaturated/α-hetero) is 1. The standard InChI is InChI=1S/C31H22O9/c1-14-8-20(34)29-23(37)12-26(39-27(29)9-14)16-4-7-19(33)18(10-16)28-21(35)11-22(36)30-24(38)13-25(40-31(28)30)15-2-5-17(32)6-3-15/h2-11,13,26,32-36H,12H2,1H3. The van der Waals surface area contributed by atoms with E-state index in [0.717, 1.165) is 6.07 Å². The smallest absolute Gasteiger partial charge is 0.197 e. The number of hydrogen-bond donors (Lipinski definition) is 5. The molecule has 0 saturated heterocycles. The first kappa shape index (κ1) is 24.9. The Morgan fingerprint density at radius 2 is 1.48 bits per heavy atom. The Morgan fingerprint density at radius 1 is 0.750 bits per heavy atom. The van der Waals surface area contributed by atoms with Gasteiger partial charge in [0.1, 0.15) is 57.3 Å². The highest BCUT2D eigenvalue weighted by atomic mass is 16.5. The van der Waals surface area contributed by atoms with Gasteiger partial charge in [0.15, 0.2) is 16.8 Å². The molecular formula is C31H22O9. The predicted octanol–water partition coefficient (Wildman–Crippen LogP) is 5.67. The minimum absolute atomic E-state index is 0.0148. The molecule has 5 N–H and O–H groups in total. The van der Waals surface area contributed by atoms with Crippen LogP contribution in [-0.4, -0.2) is 31.3 Å². The van der Waals surface area contributed by atoms with Gasteiger partial charge in [0, 0.05) is 23.3 Å². The lowest BCUT2D eigenvalue weighted by molar-refractivity contribution is 0.0845. The zero-order valence-electron chi connectivity index (χ0n) is 21.0. The number of aryl methyl sites for hydroxylation is 1. The minimum Gasteiger partial charge on any atom is -0.508 e. The molecule has 0 bridgehead atoms. The number of hydrogen-bond acceptors (Lipinski definition) is 9. The lowest BCUT2D eigenvalue weighted by Crippen LogP contribution is -2.20. The Morgan fingerprint density at radius 3 is 2.23 bits per heavy atom. The topological polar surface area (TPSA) is 158 Å². The second-order valence-electron chi connectivity index (χ2n) is 9.68. The molecule has 6 rings (SSSR count). The van der Waals surface area contributed by atoms with Gasteiger partial charge in [-0.15, -0.1) is 0 Å². The largest absolute Gasteiger partial charge is 0.508 e. The Bertz CT molecular complexity index is 1900. The number of ether oxygens (including phenoxy) is 1. The SMILES string of the molecule is Cc1cc(O)c2c(c1)OC(c1ccc(O)c(-c3c(O)cc(O)c4c(=O)cc(-c5ccc(O)cc5)oc34)c1)CC2=O. The molecule has 0 amide bonds. The van der Waals surface area contributed by atoms with E-state index in [2.05, 4.69) is 0 Å². The Kier molecular flexibility index (Phi) is 5.65. The van der Waals surface area contributed by atoms with Crippen molar-refractivity contribution in [2.75, 3.05) is 0 Å². The second kappa shape index (κ2) is 9.09. The molecule has 1 aromatic heterocycles. The highest BCUT2D eigenvalue weighted by Crippen LogP contribution is 2.46. The predicted molar refractivity (Wildman–Crippen MR) is 145 cm³/mol. The summed E-state index contributed by atoms with van der Waals surface area (Å²) in [6, 6.07) is 15.6. The number of aromatic hydroxyl groups is 5. The van der Waals surface area contributed by atoms with Crippen molar-refractivity contribution < 1.29 is 39.5 Å². The summed E-state index contributed by atoms with van der Waals surface area (Å²) in [7, 11) is 0. The molecule has 1 atom stereocenters. The van der Waals surface area contributed by atoms with Crippen LogP contribution in [0.2, 0.25) is 0 Å².